The predicted octanol–water partition coefficient (Wildman–Crippen LogP) is 3.00. The molecule has 0 bridgehead atoms. The summed E-state index contributed by atoms with van der Waals surface area (Å²) in [6, 6.07) is 4.86. The molecule has 1 aromatic heterocycles. The fraction of sp³-hybridized carbons (Fsp3) is 0.412. The highest BCUT2D eigenvalue weighted by atomic mass is 16.6. The number of hydrogen-bond donors (Lipinski definition) is 3. The monoisotopic (exact) mass is 318 g/mol. The third-order valence-corrected chi connectivity index (χ3v) is 3.34. The Bertz CT molecular complexity index is 728. The average molecular weight is 318 g/mol. The number of aromatic nitrogens is 1. The van der Waals surface area contributed by atoms with E-state index in [1.165, 1.54) is 0 Å². The van der Waals surface area contributed by atoms with Crippen LogP contribution in [0.1, 0.15) is 31.9 Å². The van der Waals surface area contributed by atoms with Gasteiger partial charge in [-0.15, -0.1) is 0 Å². The Morgan fingerprint density at radius 1 is 1.35 bits per heavy atom. The maximum Gasteiger partial charge on any atom is 0.408 e. The molecule has 0 saturated carbocycles. The van der Waals surface area contributed by atoms with Gasteiger partial charge in [0, 0.05) is 23.5 Å². The number of carboxylic acid groups (broad SMARTS) is 1. The molecule has 124 valence electrons. The van der Waals surface area contributed by atoms with Gasteiger partial charge in [0.15, 0.2) is 0 Å². The van der Waals surface area contributed by atoms with Gasteiger partial charge in [0.25, 0.3) is 0 Å². The van der Waals surface area contributed by atoms with Crippen molar-refractivity contribution in [1.29, 1.82) is 0 Å². The van der Waals surface area contributed by atoms with E-state index in [9.17, 15) is 14.7 Å². The van der Waals surface area contributed by atoms with E-state index in [0.29, 0.717) is 0 Å². The summed E-state index contributed by atoms with van der Waals surface area (Å²) in [4.78, 5) is 26.4. The maximum atomic E-state index is 11.8. The number of amides is 1. The van der Waals surface area contributed by atoms with E-state index in [1.807, 2.05) is 25.1 Å². The molecule has 6 nitrogen and oxygen atoms in total. The van der Waals surface area contributed by atoms with Crippen LogP contribution in [0.3, 0.4) is 0 Å². The Morgan fingerprint density at radius 3 is 2.65 bits per heavy atom. The average Bonchev–Trinajstić information content (AvgIpc) is 2.78. The number of carboxylic acids is 1. The largest absolute Gasteiger partial charge is 0.480 e. The van der Waals surface area contributed by atoms with Crippen LogP contribution in [0, 0.1) is 6.92 Å². The van der Waals surface area contributed by atoms with E-state index in [1.54, 1.807) is 27.0 Å². The zero-order valence-corrected chi connectivity index (χ0v) is 13.8. The minimum absolute atomic E-state index is 0.178. The number of aliphatic carboxylic acids is 1. The molecule has 0 aliphatic carbocycles. The van der Waals surface area contributed by atoms with Crippen molar-refractivity contribution >= 4 is 23.0 Å². The normalized spacial score (nSPS) is 12.9. The van der Waals surface area contributed by atoms with Crippen LogP contribution in [0.5, 0.6) is 0 Å². The Hall–Kier alpha value is -2.50. The Kier molecular flexibility index (Phi) is 4.63. The molecule has 1 aromatic carbocycles. The number of rotatable bonds is 4. The Labute approximate surface area is 134 Å². The van der Waals surface area contributed by atoms with Gasteiger partial charge in [-0.05, 0) is 44.9 Å². The van der Waals surface area contributed by atoms with Crippen LogP contribution in [0.25, 0.3) is 10.9 Å². The lowest BCUT2D eigenvalue weighted by Crippen LogP contribution is -2.44. The molecule has 0 spiro atoms. The van der Waals surface area contributed by atoms with Gasteiger partial charge in [0.05, 0.1) is 0 Å². The molecule has 0 aliphatic rings. The molecule has 2 rings (SSSR count). The molecule has 0 aliphatic heterocycles. The van der Waals surface area contributed by atoms with Gasteiger partial charge < -0.3 is 20.1 Å². The summed E-state index contributed by atoms with van der Waals surface area (Å²) in [7, 11) is 0. The third kappa shape index (κ3) is 4.48. The van der Waals surface area contributed by atoms with E-state index in [0.717, 1.165) is 22.0 Å². The molecule has 3 N–H and O–H groups in total. The number of nitrogens with one attached hydrogen (secondary N) is 2. The lowest BCUT2D eigenvalue weighted by Gasteiger charge is -2.22. The van der Waals surface area contributed by atoms with Crippen LogP contribution < -0.4 is 5.32 Å². The molecule has 6 heteroatoms. The Balaban J connectivity index is 2.15. The number of hydrogen-bond acceptors (Lipinski definition) is 3. The Morgan fingerprint density at radius 2 is 2.04 bits per heavy atom. The highest BCUT2D eigenvalue weighted by Crippen LogP contribution is 2.21. The first kappa shape index (κ1) is 16.9. The van der Waals surface area contributed by atoms with E-state index in [-0.39, 0.29) is 6.42 Å². The lowest BCUT2D eigenvalue weighted by molar-refractivity contribution is -0.139. The van der Waals surface area contributed by atoms with Crippen molar-refractivity contribution in [3.05, 3.63) is 35.5 Å². The number of alkyl carbamates (subject to hydrolysis) is 1. The van der Waals surface area contributed by atoms with Crippen molar-refractivity contribution in [3.8, 4) is 0 Å². The first-order valence-electron chi connectivity index (χ1n) is 7.44. The molecule has 0 saturated heterocycles. The highest BCUT2D eigenvalue weighted by Gasteiger charge is 2.25. The van der Waals surface area contributed by atoms with Gasteiger partial charge in [0.2, 0.25) is 0 Å². The van der Waals surface area contributed by atoms with Gasteiger partial charge in [-0.25, -0.2) is 9.59 Å². The van der Waals surface area contributed by atoms with E-state index in [4.69, 9.17) is 4.74 Å². The van der Waals surface area contributed by atoms with Crippen molar-refractivity contribution < 1.29 is 19.4 Å². The summed E-state index contributed by atoms with van der Waals surface area (Å²) in [5, 5.41) is 12.7. The fourth-order valence-electron chi connectivity index (χ4n) is 2.34. The first-order valence-corrected chi connectivity index (χ1v) is 7.44. The molecule has 2 aromatic rings. The number of carbonyl (C=O) groups excluding carboxylic acids is 1. The standard InChI is InChI=1S/C17H22N2O4/c1-10-5-6-12-11(9-18-13(12)7-10)8-14(15(20)21)19-16(22)23-17(2,3)4/h5-7,9,14,18H,8H2,1-4H3,(H,19,22)(H,20,21)/t14-/m0/s1. The van der Waals surface area contributed by atoms with E-state index >= 15 is 0 Å². The van der Waals surface area contributed by atoms with E-state index < -0.39 is 23.7 Å². The topological polar surface area (TPSA) is 91.4 Å². The number of aromatic amines is 1. The number of aryl methyl sites for hydroxylation is 1. The molecular weight excluding hydrogens is 296 g/mol. The molecule has 1 amide bonds. The number of ether oxygens (including phenoxy) is 1. The second kappa shape index (κ2) is 6.32. The summed E-state index contributed by atoms with van der Waals surface area (Å²) in [5.74, 6) is -1.10. The second-order valence-corrected chi connectivity index (χ2v) is 6.60. The summed E-state index contributed by atoms with van der Waals surface area (Å²) < 4.78 is 5.12. The molecule has 23 heavy (non-hydrogen) atoms. The van der Waals surface area contributed by atoms with Crippen molar-refractivity contribution in [2.45, 2.75) is 45.8 Å². The number of fused-ring (bicyclic) bond motifs is 1. The number of carbonyl (C=O) groups is 2. The first-order chi connectivity index (χ1) is 10.7. The number of H-pyrrole nitrogens is 1. The second-order valence-electron chi connectivity index (χ2n) is 6.60. The molecular formula is C17H22N2O4. The molecule has 0 fully saturated rings. The fourth-order valence-corrected chi connectivity index (χ4v) is 2.34. The number of benzene rings is 1. The predicted molar refractivity (Wildman–Crippen MR) is 87.5 cm³/mol. The van der Waals surface area contributed by atoms with Crippen LogP contribution in [0.15, 0.2) is 24.4 Å². The highest BCUT2D eigenvalue weighted by molar-refractivity contribution is 5.86. The smallest absolute Gasteiger partial charge is 0.408 e. The van der Waals surface area contributed by atoms with Crippen LogP contribution in [-0.4, -0.2) is 33.8 Å². The maximum absolute atomic E-state index is 11.8. The zero-order valence-electron chi connectivity index (χ0n) is 13.8. The summed E-state index contributed by atoms with van der Waals surface area (Å²) in [5.41, 5.74) is 2.23. The summed E-state index contributed by atoms with van der Waals surface area (Å²) in [6.07, 6.45) is 1.22. The molecule has 0 radical (unpaired) electrons. The zero-order chi connectivity index (χ0) is 17.2. The molecule has 1 atom stereocenters. The van der Waals surface area contributed by atoms with E-state index in [2.05, 4.69) is 10.3 Å². The van der Waals surface area contributed by atoms with Gasteiger partial charge in [0.1, 0.15) is 11.6 Å². The van der Waals surface area contributed by atoms with Gasteiger partial charge in [-0.2, -0.15) is 0 Å². The minimum Gasteiger partial charge on any atom is -0.480 e. The van der Waals surface area contributed by atoms with Gasteiger partial charge in [-0.1, -0.05) is 12.1 Å². The van der Waals surface area contributed by atoms with Crippen LogP contribution in [0.2, 0.25) is 0 Å². The quantitative estimate of drug-likeness (QED) is 0.808. The van der Waals surface area contributed by atoms with Crippen molar-refractivity contribution in [1.82, 2.24) is 10.3 Å². The van der Waals surface area contributed by atoms with Crippen LogP contribution in [-0.2, 0) is 16.0 Å². The SMILES string of the molecule is Cc1ccc2c(C[C@H](NC(=O)OC(C)(C)C)C(=O)O)c[nH]c2c1. The third-order valence-electron chi connectivity index (χ3n) is 3.34. The van der Waals surface area contributed by atoms with Gasteiger partial charge >= 0.3 is 12.1 Å². The van der Waals surface area contributed by atoms with Gasteiger partial charge in [-0.3, -0.25) is 0 Å². The van der Waals surface area contributed by atoms with Crippen molar-refractivity contribution in [2.24, 2.45) is 0 Å². The van der Waals surface area contributed by atoms with Crippen molar-refractivity contribution in [3.63, 3.8) is 0 Å². The molecule has 1 heterocycles. The van der Waals surface area contributed by atoms with Crippen molar-refractivity contribution in [2.75, 3.05) is 0 Å². The molecule has 0 unspecified atom stereocenters. The summed E-state index contributed by atoms with van der Waals surface area (Å²) >= 11 is 0. The summed E-state index contributed by atoms with van der Waals surface area (Å²) in [6.45, 7) is 7.17. The van der Waals surface area contributed by atoms with Crippen LogP contribution in [0.4, 0.5) is 4.79 Å². The minimum atomic E-state index is -1.10. The van der Waals surface area contributed by atoms with Crippen LogP contribution >= 0.6 is 0 Å². The lowest BCUT2D eigenvalue weighted by atomic mass is 10.0.